The van der Waals surface area contributed by atoms with E-state index in [4.69, 9.17) is 5.73 Å². The van der Waals surface area contributed by atoms with Gasteiger partial charge in [-0.1, -0.05) is 22.0 Å². The maximum atomic E-state index is 13.7. The van der Waals surface area contributed by atoms with Crippen LogP contribution in [-0.2, 0) is 6.54 Å². The Kier molecular flexibility index (Phi) is 3.54. The molecular formula is C13H10BrF2N. The van der Waals surface area contributed by atoms with Gasteiger partial charge >= 0.3 is 0 Å². The van der Waals surface area contributed by atoms with Gasteiger partial charge in [-0.05, 0) is 41.5 Å². The van der Waals surface area contributed by atoms with Gasteiger partial charge in [0.2, 0.25) is 0 Å². The molecule has 2 aromatic rings. The van der Waals surface area contributed by atoms with Crippen molar-refractivity contribution in [2.75, 3.05) is 0 Å². The minimum absolute atomic E-state index is 0.166. The van der Waals surface area contributed by atoms with Gasteiger partial charge in [0.1, 0.15) is 11.6 Å². The third-order valence-corrected chi connectivity index (χ3v) is 3.00. The highest BCUT2D eigenvalue weighted by molar-refractivity contribution is 9.10. The Labute approximate surface area is 106 Å². The summed E-state index contributed by atoms with van der Waals surface area (Å²) in [5.74, 6) is -0.723. The van der Waals surface area contributed by atoms with Crippen molar-refractivity contribution in [2.24, 2.45) is 5.73 Å². The van der Waals surface area contributed by atoms with Crippen LogP contribution in [0.1, 0.15) is 5.56 Å². The van der Waals surface area contributed by atoms with E-state index in [0.717, 1.165) is 4.47 Å². The highest BCUT2D eigenvalue weighted by Crippen LogP contribution is 2.29. The summed E-state index contributed by atoms with van der Waals surface area (Å²) >= 11 is 3.28. The minimum Gasteiger partial charge on any atom is -0.326 e. The Bertz CT molecular complexity index is 555. The van der Waals surface area contributed by atoms with E-state index in [9.17, 15) is 8.78 Å². The molecular weight excluding hydrogens is 288 g/mol. The smallest absolute Gasteiger partial charge is 0.131 e. The minimum atomic E-state index is -0.371. The topological polar surface area (TPSA) is 26.0 Å². The highest BCUT2D eigenvalue weighted by atomic mass is 79.9. The Balaban J connectivity index is 2.63. The van der Waals surface area contributed by atoms with Crippen molar-refractivity contribution in [1.82, 2.24) is 0 Å². The van der Waals surface area contributed by atoms with Crippen LogP contribution in [0.3, 0.4) is 0 Å². The van der Waals surface area contributed by atoms with Gasteiger partial charge in [0.25, 0.3) is 0 Å². The standard InChI is InChI=1S/C13H10BrF2N/c14-9-1-4-13(16)12(6-9)11-3-2-10(15)5-8(11)7-17/h1-6H,7,17H2. The first-order valence-corrected chi connectivity index (χ1v) is 5.85. The van der Waals surface area contributed by atoms with Gasteiger partial charge < -0.3 is 5.73 Å². The lowest BCUT2D eigenvalue weighted by Crippen LogP contribution is -2.00. The monoisotopic (exact) mass is 297 g/mol. The largest absolute Gasteiger partial charge is 0.326 e. The molecule has 2 aromatic carbocycles. The zero-order chi connectivity index (χ0) is 12.4. The lowest BCUT2D eigenvalue weighted by atomic mass is 9.99. The van der Waals surface area contributed by atoms with E-state index in [1.807, 2.05) is 0 Å². The van der Waals surface area contributed by atoms with E-state index in [-0.39, 0.29) is 18.2 Å². The molecule has 0 heterocycles. The SMILES string of the molecule is NCc1cc(F)ccc1-c1cc(Br)ccc1F. The molecule has 0 saturated carbocycles. The second-order valence-corrected chi connectivity index (χ2v) is 4.55. The van der Waals surface area contributed by atoms with Crippen LogP contribution >= 0.6 is 15.9 Å². The van der Waals surface area contributed by atoms with Crippen LogP contribution in [-0.4, -0.2) is 0 Å². The van der Waals surface area contributed by atoms with E-state index in [2.05, 4.69) is 15.9 Å². The molecule has 0 aliphatic carbocycles. The lowest BCUT2D eigenvalue weighted by molar-refractivity contribution is 0.623. The summed E-state index contributed by atoms with van der Waals surface area (Å²) in [6.45, 7) is 0.166. The quantitative estimate of drug-likeness (QED) is 0.895. The average Bonchev–Trinajstić information content (AvgIpc) is 2.32. The van der Waals surface area contributed by atoms with Crippen molar-refractivity contribution in [1.29, 1.82) is 0 Å². The second kappa shape index (κ2) is 4.94. The summed E-state index contributed by atoms with van der Waals surface area (Å²) in [6.07, 6.45) is 0. The Morgan fingerprint density at radius 3 is 2.47 bits per heavy atom. The number of nitrogens with two attached hydrogens (primary N) is 1. The molecule has 0 atom stereocenters. The third-order valence-electron chi connectivity index (χ3n) is 2.51. The first-order chi connectivity index (χ1) is 8.11. The number of benzene rings is 2. The molecule has 88 valence electrons. The van der Waals surface area contributed by atoms with Crippen molar-refractivity contribution >= 4 is 15.9 Å². The summed E-state index contributed by atoms with van der Waals surface area (Å²) in [5.41, 5.74) is 7.16. The van der Waals surface area contributed by atoms with Crippen molar-refractivity contribution in [2.45, 2.75) is 6.54 Å². The highest BCUT2D eigenvalue weighted by Gasteiger charge is 2.10. The molecule has 0 aromatic heterocycles. The predicted octanol–water partition coefficient (Wildman–Crippen LogP) is 3.85. The van der Waals surface area contributed by atoms with Crippen LogP contribution in [0, 0.1) is 11.6 Å². The summed E-state index contributed by atoms with van der Waals surface area (Å²) in [4.78, 5) is 0. The van der Waals surface area contributed by atoms with E-state index in [1.165, 1.54) is 18.2 Å². The first-order valence-electron chi connectivity index (χ1n) is 5.05. The summed E-state index contributed by atoms with van der Waals surface area (Å²) in [6, 6.07) is 8.81. The molecule has 0 amide bonds. The van der Waals surface area contributed by atoms with Gasteiger partial charge in [-0.3, -0.25) is 0 Å². The van der Waals surface area contributed by atoms with Crippen LogP contribution in [0.5, 0.6) is 0 Å². The molecule has 0 unspecified atom stereocenters. The van der Waals surface area contributed by atoms with Gasteiger partial charge in [-0.15, -0.1) is 0 Å². The predicted molar refractivity (Wildman–Crippen MR) is 67.4 cm³/mol. The summed E-state index contributed by atoms with van der Waals surface area (Å²) in [5, 5.41) is 0. The molecule has 2 rings (SSSR count). The summed E-state index contributed by atoms with van der Waals surface area (Å²) in [7, 11) is 0. The molecule has 0 spiro atoms. The molecule has 0 aliphatic heterocycles. The van der Waals surface area contributed by atoms with Crippen LogP contribution in [0.4, 0.5) is 8.78 Å². The molecule has 0 aliphatic rings. The molecule has 4 heteroatoms. The van der Waals surface area contributed by atoms with Crippen LogP contribution in [0.15, 0.2) is 40.9 Å². The van der Waals surface area contributed by atoms with E-state index < -0.39 is 0 Å². The van der Waals surface area contributed by atoms with E-state index in [0.29, 0.717) is 16.7 Å². The Hall–Kier alpha value is -1.26. The van der Waals surface area contributed by atoms with Crippen molar-refractivity contribution in [3.63, 3.8) is 0 Å². The zero-order valence-electron chi connectivity index (χ0n) is 8.88. The number of halogens is 3. The third kappa shape index (κ3) is 2.53. The number of rotatable bonds is 2. The molecule has 0 saturated heterocycles. The zero-order valence-corrected chi connectivity index (χ0v) is 10.5. The summed E-state index contributed by atoms with van der Waals surface area (Å²) < 4.78 is 27.6. The van der Waals surface area contributed by atoms with Gasteiger partial charge in [0.05, 0.1) is 0 Å². The maximum Gasteiger partial charge on any atom is 0.131 e. The number of hydrogen-bond acceptors (Lipinski definition) is 1. The number of hydrogen-bond donors (Lipinski definition) is 1. The Morgan fingerprint density at radius 2 is 1.76 bits per heavy atom. The maximum absolute atomic E-state index is 13.7. The fraction of sp³-hybridized carbons (Fsp3) is 0.0769. The second-order valence-electron chi connectivity index (χ2n) is 3.63. The average molecular weight is 298 g/mol. The fourth-order valence-electron chi connectivity index (χ4n) is 1.70. The van der Waals surface area contributed by atoms with Gasteiger partial charge in [0.15, 0.2) is 0 Å². The normalized spacial score (nSPS) is 10.6. The van der Waals surface area contributed by atoms with Gasteiger partial charge in [0, 0.05) is 16.6 Å². The first kappa shape index (κ1) is 12.2. The molecule has 1 nitrogen and oxygen atoms in total. The molecule has 0 fully saturated rings. The molecule has 0 bridgehead atoms. The van der Waals surface area contributed by atoms with Crippen LogP contribution in [0.25, 0.3) is 11.1 Å². The van der Waals surface area contributed by atoms with Crippen molar-refractivity contribution < 1.29 is 8.78 Å². The van der Waals surface area contributed by atoms with Crippen molar-refractivity contribution in [3.8, 4) is 11.1 Å². The van der Waals surface area contributed by atoms with Gasteiger partial charge in [-0.25, -0.2) is 8.78 Å². The van der Waals surface area contributed by atoms with E-state index >= 15 is 0 Å². The van der Waals surface area contributed by atoms with Crippen molar-refractivity contribution in [3.05, 3.63) is 58.1 Å². The van der Waals surface area contributed by atoms with Crippen LogP contribution < -0.4 is 5.73 Å². The Morgan fingerprint density at radius 1 is 1.00 bits per heavy atom. The van der Waals surface area contributed by atoms with E-state index in [1.54, 1.807) is 18.2 Å². The fourth-order valence-corrected chi connectivity index (χ4v) is 2.06. The molecule has 0 radical (unpaired) electrons. The van der Waals surface area contributed by atoms with Crippen LogP contribution in [0.2, 0.25) is 0 Å². The molecule has 17 heavy (non-hydrogen) atoms. The lowest BCUT2D eigenvalue weighted by Gasteiger charge is -2.09. The molecule has 2 N–H and O–H groups in total. The van der Waals surface area contributed by atoms with Gasteiger partial charge in [-0.2, -0.15) is 0 Å².